The molecule has 3 aromatic rings. The summed E-state index contributed by atoms with van der Waals surface area (Å²) in [6.07, 6.45) is 0. The number of H-pyrrole nitrogens is 1. The quantitative estimate of drug-likeness (QED) is 0.440. The monoisotopic (exact) mass is 435 g/mol. The van der Waals surface area contributed by atoms with Crippen LogP contribution in [0.2, 0.25) is 10.0 Å². The van der Waals surface area contributed by atoms with Crippen molar-refractivity contribution < 1.29 is 9.53 Å². The second-order valence-corrected chi connectivity index (χ2v) is 8.44. The molecular weight excluding hydrogens is 417 g/mol. The predicted octanol–water partition coefficient (Wildman–Crippen LogP) is 4.90. The number of fused-ring (bicyclic) bond motifs is 3. The van der Waals surface area contributed by atoms with Gasteiger partial charge in [-0.3, -0.25) is 4.79 Å². The topological polar surface area (TPSA) is 57.4 Å². The molecule has 0 saturated carbocycles. The Labute approximate surface area is 177 Å². The van der Waals surface area contributed by atoms with Crippen molar-refractivity contribution in [3.05, 3.63) is 69.3 Å². The molecule has 2 N–H and O–H groups in total. The Morgan fingerprint density at radius 1 is 1.32 bits per heavy atom. The molecule has 146 valence electrons. The van der Waals surface area contributed by atoms with E-state index in [1.165, 1.54) is 19.2 Å². The Balaban J connectivity index is 1.55. The molecule has 0 amide bonds. The number of aromatic amines is 1. The molecule has 4 rings (SSSR count). The highest BCUT2D eigenvalue weighted by atomic mass is 35.5. The molecule has 1 aromatic heterocycles. The fourth-order valence-corrected chi connectivity index (χ4v) is 4.74. The van der Waals surface area contributed by atoms with Crippen LogP contribution >= 0.6 is 35.3 Å². The minimum absolute atomic E-state index is 0.251. The average molecular weight is 436 g/mol. The van der Waals surface area contributed by atoms with Gasteiger partial charge in [-0.2, -0.15) is 0 Å². The number of methoxy groups -OCH3 is 1. The van der Waals surface area contributed by atoms with Crippen LogP contribution in [0.1, 0.15) is 22.7 Å². The maximum atomic E-state index is 12.5. The van der Waals surface area contributed by atoms with Crippen LogP contribution in [0.4, 0.5) is 0 Å². The summed E-state index contributed by atoms with van der Waals surface area (Å²) >= 11 is 13.9. The number of aromatic nitrogens is 1. The number of hydrogen-bond acceptors (Lipinski definition) is 5. The predicted molar refractivity (Wildman–Crippen MR) is 114 cm³/mol. The molecule has 2 heterocycles. The maximum absolute atomic E-state index is 12.5. The van der Waals surface area contributed by atoms with Gasteiger partial charge in [0, 0.05) is 51.9 Å². The van der Waals surface area contributed by atoms with E-state index in [0.717, 1.165) is 32.7 Å². The third-order valence-electron chi connectivity index (χ3n) is 4.85. The average Bonchev–Trinajstić information content (AvgIpc) is 3.06. The zero-order chi connectivity index (χ0) is 19.7. The van der Waals surface area contributed by atoms with Gasteiger partial charge in [0.1, 0.15) is 0 Å². The SMILES string of the molecule is COC(=O)C1CN(SNCc2ccccc2Cl)Cc2[nH]c3ccc(Cl)cc3c21. The number of carbonyl (C=O) groups excluding carboxylic acids is 1. The first-order chi connectivity index (χ1) is 13.6. The van der Waals surface area contributed by atoms with Crippen molar-refractivity contribution in [1.82, 2.24) is 14.0 Å². The van der Waals surface area contributed by atoms with E-state index in [2.05, 4.69) is 14.0 Å². The van der Waals surface area contributed by atoms with Crippen LogP contribution in [0.5, 0.6) is 0 Å². The van der Waals surface area contributed by atoms with E-state index < -0.39 is 0 Å². The van der Waals surface area contributed by atoms with Gasteiger partial charge in [-0.05, 0) is 35.4 Å². The summed E-state index contributed by atoms with van der Waals surface area (Å²) in [6, 6.07) is 13.4. The number of nitrogens with zero attached hydrogens (tertiary/aromatic N) is 1. The summed E-state index contributed by atoms with van der Waals surface area (Å²) in [5, 5.41) is 2.36. The first-order valence-corrected chi connectivity index (χ1v) is 10.4. The maximum Gasteiger partial charge on any atom is 0.314 e. The third-order valence-corrected chi connectivity index (χ3v) is 6.27. The van der Waals surface area contributed by atoms with Gasteiger partial charge >= 0.3 is 5.97 Å². The zero-order valence-corrected chi connectivity index (χ0v) is 17.5. The van der Waals surface area contributed by atoms with Crippen molar-refractivity contribution in [3.63, 3.8) is 0 Å². The lowest BCUT2D eigenvalue weighted by atomic mass is 9.93. The van der Waals surface area contributed by atoms with Crippen molar-refractivity contribution in [2.45, 2.75) is 19.0 Å². The second kappa shape index (κ2) is 8.35. The molecule has 1 aliphatic rings. The van der Waals surface area contributed by atoms with Crippen LogP contribution in [-0.2, 0) is 22.6 Å². The molecule has 0 bridgehead atoms. The molecule has 1 unspecified atom stereocenters. The van der Waals surface area contributed by atoms with E-state index in [1.54, 1.807) is 0 Å². The van der Waals surface area contributed by atoms with Crippen LogP contribution in [0.3, 0.4) is 0 Å². The van der Waals surface area contributed by atoms with Crippen LogP contribution in [0.15, 0.2) is 42.5 Å². The van der Waals surface area contributed by atoms with Gasteiger partial charge in [-0.1, -0.05) is 41.4 Å². The van der Waals surface area contributed by atoms with E-state index in [4.69, 9.17) is 27.9 Å². The number of nitrogens with one attached hydrogen (secondary N) is 2. The van der Waals surface area contributed by atoms with Crippen molar-refractivity contribution in [1.29, 1.82) is 0 Å². The number of halogens is 2. The van der Waals surface area contributed by atoms with Gasteiger partial charge in [0.15, 0.2) is 0 Å². The number of ether oxygens (including phenoxy) is 1. The lowest BCUT2D eigenvalue weighted by molar-refractivity contribution is -0.142. The van der Waals surface area contributed by atoms with Gasteiger partial charge in [-0.25, -0.2) is 9.03 Å². The van der Waals surface area contributed by atoms with Crippen LogP contribution in [0.25, 0.3) is 10.9 Å². The molecule has 0 fully saturated rings. The number of esters is 1. The van der Waals surface area contributed by atoms with Crippen LogP contribution < -0.4 is 4.72 Å². The minimum Gasteiger partial charge on any atom is -0.469 e. The summed E-state index contributed by atoms with van der Waals surface area (Å²) in [4.78, 5) is 15.9. The Morgan fingerprint density at radius 3 is 2.93 bits per heavy atom. The number of carbonyl (C=O) groups is 1. The van der Waals surface area contributed by atoms with Gasteiger partial charge in [0.2, 0.25) is 0 Å². The van der Waals surface area contributed by atoms with Gasteiger partial charge in [0.05, 0.1) is 19.6 Å². The Kier molecular flexibility index (Phi) is 5.85. The van der Waals surface area contributed by atoms with Crippen molar-refractivity contribution in [3.8, 4) is 0 Å². The fraction of sp³-hybridized carbons (Fsp3) is 0.250. The molecule has 1 aliphatic heterocycles. The molecule has 0 saturated heterocycles. The van der Waals surface area contributed by atoms with Crippen LogP contribution in [-0.4, -0.2) is 28.9 Å². The van der Waals surface area contributed by atoms with Crippen molar-refractivity contribution in [2.24, 2.45) is 0 Å². The van der Waals surface area contributed by atoms with Gasteiger partial charge < -0.3 is 9.72 Å². The van der Waals surface area contributed by atoms with E-state index in [-0.39, 0.29) is 11.9 Å². The second-order valence-electron chi connectivity index (χ2n) is 6.61. The van der Waals surface area contributed by atoms with Gasteiger partial charge in [0.25, 0.3) is 0 Å². The smallest absolute Gasteiger partial charge is 0.314 e. The third kappa shape index (κ3) is 3.88. The van der Waals surface area contributed by atoms with Crippen molar-refractivity contribution >= 4 is 52.2 Å². The highest BCUT2D eigenvalue weighted by Gasteiger charge is 2.34. The van der Waals surface area contributed by atoms with E-state index in [9.17, 15) is 4.79 Å². The number of rotatable bonds is 5. The summed E-state index contributed by atoms with van der Waals surface area (Å²) < 4.78 is 10.5. The number of hydrogen-bond donors (Lipinski definition) is 2. The first kappa shape index (κ1) is 19.6. The summed E-state index contributed by atoms with van der Waals surface area (Å²) in [6.45, 7) is 1.84. The van der Waals surface area contributed by atoms with Gasteiger partial charge in [-0.15, -0.1) is 0 Å². The molecule has 5 nitrogen and oxygen atoms in total. The standard InChI is InChI=1S/C20H19Cl2N3O2S/c1-27-20(26)15-10-25(28-23-9-12-4-2-3-5-16(12)22)11-18-19(15)14-8-13(21)6-7-17(14)24-18/h2-8,15,23-24H,9-11H2,1H3. The molecule has 8 heteroatoms. The Hall–Kier alpha value is -1.70. The molecule has 2 aromatic carbocycles. The highest BCUT2D eigenvalue weighted by Crippen LogP contribution is 2.38. The lowest BCUT2D eigenvalue weighted by Crippen LogP contribution is -2.35. The highest BCUT2D eigenvalue weighted by molar-refractivity contribution is 7.95. The largest absolute Gasteiger partial charge is 0.469 e. The minimum atomic E-state index is -0.379. The number of benzene rings is 2. The van der Waals surface area contributed by atoms with E-state index in [0.29, 0.717) is 24.7 Å². The summed E-state index contributed by atoms with van der Waals surface area (Å²) in [5.74, 6) is -0.630. The van der Waals surface area contributed by atoms with Crippen molar-refractivity contribution in [2.75, 3.05) is 13.7 Å². The molecule has 0 spiro atoms. The molecule has 1 atom stereocenters. The summed E-state index contributed by atoms with van der Waals surface area (Å²) in [7, 11) is 1.42. The molecule has 0 radical (unpaired) electrons. The Morgan fingerprint density at radius 2 is 2.14 bits per heavy atom. The normalized spacial score (nSPS) is 16.9. The van der Waals surface area contributed by atoms with Crippen LogP contribution in [0, 0.1) is 0 Å². The van der Waals surface area contributed by atoms with E-state index >= 15 is 0 Å². The fourth-order valence-electron chi connectivity index (χ4n) is 3.55. The van der Waals surface area contributed by atoms with E-state index in [1.807, 2.05) is 42.5 Å². The summed E-state index contributed by atoms with van der Waals surface area (Å²) in [5.41, 5.74) is 3.98. The first-order valence-electron chi connectivity index (χ1n) is 8.83. The lowest BCUT2D eigenvalue weighted by Gasteiger charge is -2.30. The Bertz CT molecular complexity index is 1020. The molecule has 28 heavy (non-hydrogen) atoms. The zero-order valence-electron chi connectivity index (χ0n) is 15.2. The molecule has 0 aliphatic carbocycles. The molecular formula is C20H19Cl2N3O2S.